The molecule has 10 nitrogen and oxygen atoms in total. The molecule has 0 radical (unpaired) electrons. The van der Waals surface area contributed by atoms with E-state index in [0.29, 0.717) is 45.3 Å². The smallest absolute Gasteiger partial charge is 0.242 e. The van der Waals surface area contributed by atoms with E-state index in [2.05, 4.69) is 22.9 Å². The molecule has 0 aliphatic heterocycles. The highest BCUT2D eigenvalue weighted by atomic mass is 16.2. The molecule has 0 saturated heterocycles. The third-order valence-electron chi connectivity index (χ3n) is 8.61. The van der Waals surface area contributed by atoms with Gasteiger partial charge in [-0.2, -0.15) is 0 Å². The zero-order chi connectivity index (χ0) is 34.1. The first kappa shape index (κ1) is 43.8. The molecular weight excluding hydrogens is 580 g/mol. The van der Waals surface area contributed by atoms with E-state index in [1.54, 1.807) is 0 Å². The molecule has 10 heteroatoms. The minimum Gasteiger partial charge on any atom is -0.368 e. The molecule has 9 N–H and O–H groups in total. The predicted molar refractivity (Wildman–Crippen MR) is 190 cm³/mol. The molecule has 0 saturated carbocycles. The van der Waals surface area contributed by atoms with Gasteiger partial charge in [0, 0.05) is 19.4 Å². The molecule has 0 rings (SSSR count). The van der Waals surface area contributed by atoms with Gasteiger partial charge in [0.1, 0.15) is 12.1 Å². The van der Waals surface area contributed by atoms with E-state index in [9.17, 15) is 19.2 Å². The number of hydrogen-bond donors (Lipinski definition) is 6. The maximum absolute atomic E-state index is 12.8. The first-order valence-electron chi connectivity index (χ1n) is 18.9. The van der Waals surface area contributed by atoms with Crippen LogP contribution in [0.15, 0.2) is 0 Å². The second-order valence-corrected chi connectivity index (χ2v) is 13.0. The minimum atomic E-state index is -0.602. The van der Waals surface area contributed by atoms with Crippen molar-refractivity contribution in [3.8, 4) is 0 Å². The molecule has 2 atom stereocenters. The average molecular weight is 653 g/mol. The minimum absolute atomic E-state index is 0.0233. The Labute approximate surface area is 281 Å². The van der Waals surface area contributed by atoms with E-state index in [1.165, 1.54) is 44.9 Å². The number of carbonyl (C=O) groups is 4. The van der Waals surface area contributed by atoms with Gasteiger partial charge < -0.3 is 33.2 Å². The number of primary amides is 1. The lowest BCUT2D eigenvalue weighted by Gasteiger charge is -2.18. The summed E-state index contributed by atoms with van der Waals surface area (Å²) in [7, 11) is 0. The number of carbonyl (C=O) groups excluding carboxylic acids is 4. The van der Waals surface area contributed by atoms with E-state index in [-0.39, 0.29) is 17.7 Å². The monoisotopic (exact) mass is 653 g/mol. The van der Waals surface area contributed by atoms with Gasteiger partial charge in [-0.1, -0.05) is 103 Å². The molecule has 0 unspecified atom stereocenters. The summed E-state index contributed by atoms with van der Waals surface area (Å²) in [5.41, 5.74) is 16.5. The van der Waals surface area contributed by atoms with Crippen molar-refractivity contribution in [3.05, 3.63) is 0 Å². The SMILES string of the molecule is CCCCCCCCCCCC(=O)N[C@@H](CCCCN)C(=O)NCCCCCCCCCCCC(=O)N[C@@H](CCCCN)C(N)=O. The molecular formula is C36H72N6O4. The Bertz CT molecular complexity index is 767. The highest BCUT2D eigenvalue weighted by Gasteiger charge is 2.20. The number of amides is 4. The van der Waals surface area contributed by atoms with Gasteiger partial charge in [0.2, 0.25) is 23.6 Å². The van der Waals surface area contributed by atoms with Gasteiger partial charge in [-0.05, 0) is 70.9 Å². The Morgan fingerprint density at radius 1 is 0.500 bits per heavy atom. The third kappa shape index (κ3) is 28.1. The quantitative estimate of drug-likeness (QED) is 0.0489. The summed E-state index contributed by atoms with van der Waals surface area (Å²) < 4.78 is 0. The summed E-state index contributed by atoms with van der Waals surface area (Å²) in [5, 5.41) is 8.78. The van der Waals surface area contributed by atoms with Crippen molar-refractivity contribution in [3.63, 3.8) is 0 Å². The van der Waals surface area contributed by atoms with Crippen LogP contribution in [0, 0.1) is 0 Å². The summed E-state index contributed by atoms with van der Waals surface area (Å²) in [5.74, 6) is -0.701. The maximum Gasteiger partial charge on any atom is 0.242 e. The Kier molecular flexibility index (Phi) is 31.2. The number of nitrogens with one attached hydrogen (secondary N) is 3. The average Bonchev–Trinajstić information content (AvgIpc) is 3.03. The molecule has 270 valence electrons. The Morgan fingerprint density at radius 3 is 1.33 bits per heavy atom. The van der Waals surface area contributed by atoms with Crippen LogP contribution in [0.2, 0.25) is 0 Å². The Balaban J connectivity index is 3.95. The van der Waals surface area contributed by atoms with Crippen LogP contribution < -0.4 is 33.2 Å². The van der Waals surface area contributed by atoms with Crippen LogP contribution in [-0.4, -0.2) is 55.3 Å². The first-order chi connectivity index (χ1) is 22.3. The molecule has 46 heavy (non-hydrogen) atoms. The van der Waals surface area contributed by atoms with Crippen LogP contribution in [-0.2, 0) is 19.2 Å². The van der Waals surface area contributed by atoms with Crippen molar-refractivity contribution in [1.29, 1.82) is 0 Å². The van der Waals surface area contributed by atoms with Crippen molar-refractivity contribution in [1.82, 2.24) is 16.0 Å². The molecule has 0 spiro atoms. The number of hydrogen-bond acceptors (Lipinski definition) is 6. The molecule has 0 aliphatic carbocycles. The van der Waals surface area contributed by atoms with Crippen molar-refractivity contribution >= 4 is 23.6 Å². The van der Waals surface area contributed by atoms with E-state index in [1.807, 2.05) is 0 Å². The van der Waals surface area contributed by atoms with Crippen LogP contribution in [0.1, 0.15) is 174 Å². The fourth-order valence-corrected chi connectivity index (χ4v) is 5.65. The summed E-state index contributed by atoms with van der Waals surface area (Å²) >= 11 is 0. The van der Waals surface area contributed by atoms with Crippen molar-refractivity contribution in [2.75, 3.05) is 19.6 Å². The lowest BCUT2D eigenvalue weighted by atomic mass is 10.1. The van der Waals surface area contributed by atoms with Crippen molar-refractivity contribution < 1.29 is 19.2 Å². The van der Waals surface area contributed by atoms with Crippen LogP contribution in [0.4, 0.5) is 0 Å². The Hall–Kier alpha value is -2.20. The third-order valence-corrected chi connectivity index (χ3v) is 8.61. The predicted octanol–water partition coefficient (Wildman–Crippen LogP) is 5.64. The molecule has 0 aromatic heterocycles. The lowest BCUT2D eigenvalue weighted by molar-refractivity contribution is -0.129. The van der Waals surface area contributed by atoms with Crippen molar-refractivity contribution in [2.45, 2.75) is 186 Å². The number of rotatable bonds is 34. The van der Waals surface area contributed by atoms with E-state index in [4.69, 9.17) is 17.2 Å². The standard InChI is InChI=1S/C36H72N6O4/c1-2-3-4-5-6-8-11-15-18-27-34(44)42-32(25-20-22-29-38)36(46)40-30-23-16-13-10-7-9-12-14-17-26-33(43)41-31(35(39)45)24-19-21-28-37/h31-32H,2-30,37-38H2,1H3,(H2,39,45)(H,40,46)(H,41,43)(H,42,44)/t31-,32-/m0/s1. The van der Waals surface area contributed by atoms with Gasteiger partial charge in [0.15, 0.2) is 0 Å². The van der Waals surface area contributed by atoms with Gasteiger partial charge in [0.25, 0.3) is 0 Å². The highest BCUT2D eigenvalue weighted by Crippen LogP contribution is 2.12. The van der Waals surface area contributed by atoms with Crippen LogP contribution in [0.25, 0.3) is 0 Å². The highest BCUT2D eigenvalue weighted by molar-refractivity contribution is 5.87. The molecule has 0 fully saturated rings. The molecule has 0 aliphatic rings. The molecule has 0 bridgehead atoms. The fraction of sp³-hybridized carbons (Fsp3) is 0.889. The summed E-state index contributed by atoms with van der Waals surface area (Å²) in [6.07, 6.45) is 25.7. The van der Waals surface area contributed by atoms with Gasteiger partial charge >= 0.3 is 0 Å². The second kappa shape index (κ2) is 32.7. The summed E-state index contributed by atoms with van der Waals surface area (Å²) in [6, 6.07) is -1.08. The van der Waals surface area contributed by atoms with E-state index < -0.39 is 18.0 Å². The van der Waals surface area contributed by atoms with Crippen molar-refractivity contribution in [2.24, 2.45) is 17.2 Å². The molecule has 0 aromatic carbocycles. The fourth-order valence-electron chi connectivity index (χ4n) is 5.65. The number of unbranched alkanes of at least 4 members (excludes halogenated alkanes) is 18. The largest absolute Gasteiger partial charge is 0.368 e. The topological polar surface area (TPSA) is 182 Å². The number of nitrogens with two attached hydrogens (primary N) is 3. The normalized spacial score (nSPS) is 12.4. The van der Waals surface area contributed by atoms with E-state index in [0.717, 1.165) is 96.3 Å². The van der Waals surface area contributed by atoms with Crippen LogP contribution in [0.5, 0.6) is 0 Å². The molecule has 0 heterocycles. The lowest BCUT2D eigenvalue weighted by Crippen LogP contribution is -2.47. The van der Waals surface area contributed by atoms with E-state index >= 15 is 0 Å². The first-order valence-corrected chi connectivity index (χ1v) is 18.9. The molecule has 0 aromatic rings. The maximum atomic E-state index is 12.8. The zero-order valence-electron chi connectivity index (χ0n) is 29.5. The zero-order valence-corrected chi connectivity index (χ0v) is 29.5. The van der Waals surface area contributed by atoms with Gasteiger partial charge in [-0.15, -0.1) is 0 Å². The van der Waals surface area contributed by atoms with Gasteiger partial charge in [-0.25, -0.2) is 0 Å². The van der Waals surface area contributed by atoms with Crippen LogP contribution >= 0.6 is 0 Å². The van der Waals surface area contributed by atoms with Gasteiger partial charge in [0.05, 0.1) is 0 Å². The van der Waals surface area contributed by atoms with Gasteiger partial charge in [-0.3, -0.25) is 19.2 Å². The summed E-state index contributed by atoms with van der Waals surface area (Å²) in [6.45, 7) is 4.02. The van der Waals surface area contributed by atoms with Crippen LogP contribution in [0.3, 0.4) is 0 Å². The summed E-state index contributed by atoms with van der Waals surface area (Å²) in [4.78, 5) is 49.0. The second-order valence-electron chi connectivity index (χ2n) is 13.0. The Morgan fingerprint density at radius 2 is 0.891 bits per heavy atom. The molecule has 4 amide bonds.